The third-order valence-electron chi connectivity index (χ3n) is 4.89. The van der Waals surface area contributed by atoms with E-state index in [0.717, 1.165) is 28.3 Å². The van der Waals surface area contributed by atoms with Gasteiger partial charge in [-0.05, 0) is 29.7 Å². The van der Waals surface area contributed by atoms with Crippen LogP contribution in [0.15, 0.2) is 24.3 Å². The number of nitrogens with one attached hydrogen (secondary N) is 1. The van der Waals surface area contributed by atoms with E-state index < -0.39 is 0 Å². The summed E-state index contributed by atoms with van der Waals surface area (Å²) in [6.07, 6.45) is 4.48. The lowest BCUT2D eigenvalue weighted by atomic mass is 10.1. The molecule has 2 aromatic rings. The van der Waals surface area contributed by atoms with Gasteiger partial charge in [0.2, 0.25) is 11.8 Å². The number of rotatable bonds is 5. The number of aromatic nitrogens is 1. The molecular weight excluding hydrogens is 402 g/mol. The van der Waals surface area contributed by atoms with E-state index in [-0.39, 0.29) is 11.8 Å². The number of hydrogen-bond acceptors (Lipinski definition) is 6. The summed E-state index contributed by atoms with van der Waals surface area (Å²) in [5.41, 5.74) is 1.83. The van der Waals surface area contributed by atoms with Gasteiger partial charge in [-0.25, -0.2) is 4.98 Å². The van der Waals surface area contributed by atoms with Gasteiger partial charge in [0.15, 0.2) is 16.6 Å². The molecule has 0 aliphatic carbocycles. The summed E-state index contributed by atoms with van der Waals surface area (Å²) in [5, 5.41) is 3.40. The SMILES string of the molecule is CC(C)CC(=O)N1CCc2nc(NC(=O)/C=C\c3ccc4c(c3)OCCO4)sc2C1. The van der Waals surface area contributed by atoms with Gasteiger partial charge < -0.3 is 14.4 Å². The smallest absolute Gasteiger partial charge is 0.250 e. The lowest BCUT2D eigenvalue weighted by Gasteiger charge is -2.26. The zero-order chi connectivity index (χ0) is 21.1. The van der Waals surface area contributed by atoms with Crippen LogP contribution in [0.1, 0.15) is 36.4 Å². The van der Waals surface area contributed by atoms with Gasteiger partial charge in [0, 0.05) is 30.3 Å². The molecule has 1 aromatic heterocycles. The van der Waals surface area contributed by atoms with Crippen molar-refractivity contribution in [1.82, 2.24) is 9.88 Å². The minimum absolute atomic E-state index is 0.178. The first-order valence-corrected chi connectivity index (χ1v) is 10.9. The molecule has 0 radical (unpaired) electrons. The molecule has 1 aromatic carbocycles. The molecule has 158 valence electrons. The van der Waals surface area contributed by atoms with Gasteiger partial charge in [0.1, 0.15) is 13.2 Å². The van der Waals surface area contributed by atoms with Crippen LogP contribution in [0.3, 0.4) is 0 Å². The molecular formula is C22H25N3O4S. The molecule has 0 saturated carbocycles. The van der Waals surface area contributed by atoms with Gasteiger partial charge in [-0.1, -0.05) is 31.3 Å². The Morgan fingerprint density at radius 3 is 2.87 bits per heavy atom. The Morgan fingerprint density at radius 1 is 1.27 bits per heavy atom. The number of nitrogens with zero attached hydrogens (tertiary/aromatic N) is 2. The third kappa shape index (κ3) is 4.81. The van der Waals surface area contributed by atoms with Crippen LogP contribution in [0.5, 0.6) is 11.5 Å². The van der Waals surface area contributed by atoms with E-state index in [0.29, 0.717) is 49.5 Å². The second-order valence-electron chi connectivity index (χ2n) is 7.78. The lowest BCUT2D eigenvalue weighted by molar-refractivity contribution is -0.132. The number of fused-ring (bicyclic) bond motifs is 2. The van der Waals surface area contributed by atoms with Crippen molar-refractivity contribution in [3.8, 4) is 11.5 Å². The van der Waals surface area contributed by atoms with Gasteiger partial charge >= 0.3 is 0 Å². The first-order chi connectivity index (χ1) is 14.5. The predicted molar refractivity (Wildman–Crippen MR) is 116 cm³/mol. The number of benzene rings is 1. The van der Waals surface area contributed by atoms with Gasteiger partial charge in [0.05, 0.1) is 12.2 Å². The average molecular weight is 428 g/mol. The second kappa shape index (κ2) is 8.87. The number of thiazole rings is 1. The fourth-order valence-electron chi connectivity index (χ4n) is 3.42. The van der Waals surface area contributed by atoms with Crippen LogP contribution in [-0.4, -0.2) is 41.5 Å². The van der Waals surface area contributed by atoms with E-state index in [1.807, 2.05) is 36.9 Å². The van der Waals surface area contributed by atoms with Crippen LogP contribution in [-0.2, 0) is 22.6 Å². The van der Waals surface area contributed by atoms with E-state index in [4.69, 9.17) is 9.47 Å². The third-order valence-corrected chi connectivity index (χ3v) is 5.89. The van der Waals surface area contributed by atoms with Crippen molar-refractivity contribution in [1.29, 1.82) is 0 Å². The summed E-state index contributed by atoms with van der Waals surface area (Å²) in [5.74, 6) is 1.68. The molecule has 4 rings (SSSR count). The van der Waals surface area contributed by atoms with Crippen molar-refractivity contribution in [3.63, 3.8) is 0 Å². The molecule has 1 N–H and O–H groups in total. The number of anilines is 1. The van der Waals surface area contributed by atoms with E-state index >= 15 is 0 Å². The van der Waals surface area contributed by atoms with Crippen LogP contribution in [0.4, 0.5) is 5.13 Å². The monoisotopic (exact) mass is 427 g/mol. The Hall–Kier alpha value is -2.87. The zero-order valence-electron chi connectivity index (χ0n) is 17.1. The molecule has 8 heteroatoms. The van der Waals surface area contributed by atoms with Crippen LogP contribution in [0.2, 0.25) is 0 Å². The predicted octanol–water partition coefficient (Wildman–Crippen LogP) is 3.50. The topological polar surface area (TPSA) is 80.8 Å². The normalized spacial score (nSPS) is 15.4. The number of hydrogen-bond donors (Lipinski definition) is 1. The molecule has 0 atom stereocenters. The molecule has 0 unspecified atom stereocenters. The highest BCUT2D eigenvalue weighted by molar-refractivity contribution is 7.15. The molecule has 0 spiro atoms. The highest BCUT2D eigenvalue weighted by Gasteiger charge is 2.24. The fourth-order valence-corrected chi connectivity index (χ4v) is 4.45. The summed E-state index contributed by atoms with van der Waals surface area (Å²) in [4.78, 5) is 32.1. The summed E-state index contributed by atoms with van der Waals surface area (Å²) in [7, 11) is 0. The summed E-state index contributed by atoms with van der Waals surface area (Å²) in [6, 6.07) is 5.57. The van der Waals surface area contributed by atoms with Crippen LogP contribution in [0.25, 0.3) is 6.08 Å². The van der Waals surface area contributed by atoms with Crippen molar-refractivity contribution in [2.45, 2.75) is 33.2 Å². The van der Waals surface area contributed by atoms with E-state index in [1.165, 1.54) is 17.4 Å². The Labute approximate surface area is 179 Å². The number of ether oxygens (including phenoxy) is 2. The first kappa shape index (κ1) is 20.4. The molecule has 0 fully saturated rings. The Bertz CT molecular complexity index is 983. The van der Waals surface area contributed by atoms with Gasteiger partial charge in [-0.15, -0.1) is 0 Å². The van der Waals surface area contributed by atoms with Crippen molar-refractivity contribution in [2.75, 3.05) is 25.1 Å². The van der Waals surface area contributed by atoms with Crippen molar-refractivity contribution >= 4 is 34.4 Å². The van der Waals surface area contributed by atoms with Crippen molar-refractivity contribution in [2.24, 2.45) is 5.92 Å². The molecule has 7 nitrogen and oxygen atoms in total. The zero-order valence-corrected chi connectivity index (χ0v) is 18.0. The van der Waals surface area contributed by atoms with E-state index in [1.54, 1.807) is 6.08 Å². The molecule has 2 aliphatic heterocycles. The molecule has 3 heterocycles. The number of amides is 2. The Morgan fingerprint density at radius 2 is 2.07 bits per heavy atom. The highest BCUT2D eigenvalue weighted by Crippen LogP contribution is 2.31. The van der Waals surface area contributed by atoms with Gasteiger partial charge in [-0.3, -0.25) is 14.9 Å². The summed E-state index contributed by atoms with van der Waals surface area (Å²) < 4.78 is 11.1. The van der Waals surface area contributed by atoms with Crippen molar-refractivity contribution in [3.05, 3.63) is 40.4 Å². The molecule has 30 heavy (non-hydrogen) atoms. The number of carbonyl (C=O) groups excluding carboxylic acids is 2. The van der Waals surface area contributed by atoms with E-state index in [9.17, 15) is 9.59 Å². The van der Waals surface area contributed by atoms with Crippen LogP contribution >= 0.6 is 11.3 Å². The average Bonchev–Trinajstić information content (AvgIpc) is 3.13. The molecule has 0 bridgehead atoms. The van der Waals surface area contributed by atoms with Crippen molar-refractivity contribution < 1.29 is 19.1 Å². The van der Waals surface area contributed by atoms with Crippen LogP contribution < -0.4 is 14.8 Å². The molecule has 0 saturated heterocycles. The Kier molecular flexibility index (Phi) is 6.03. The molecule has 2 aliphatic rings. The minimum Gasteiger partial charge on any atom is -0.486 e. The summed E-state index contributed by atoms with van der Waals surface area (Å²) in [6.45, 7) is 6.42. The van der Waals surface area contributed by atoms with Gasteiger partial charge in [-0.2, -0.15) is 0 Å². The minimum atomic E-state index is -0.247. The first-order valence-electron chi connectivity index (χ1n) is 10.1. The summed E-state index contributed by atoms with van der Waals surface area (Å²) >= 11 is 1.44. The molecule has 2 amide bonds. The van der Waals surface area contributed by atoms with Gasteiger partial charge in [0.25, 0.3) is 0 Å². The lowest BCUT2D eigenvalue weighted by Crippen LogP contribution is -2.36. The second-order valence-corrected chi connectivity index (χ2v) is 8.86. The highest BCUT2D eigenvalue weighted by atomic mass is 32.1. The van der Waals surface area contributed by atoms with Crippen LogP contribution in [0, 0.1) is 5.92 Å². The maximum atomic E-state index is 12.3. The number of carbonyl (C=O) groups is 2. The Balaban J connectivity index is 1.36. The van der Waals surface area contributed by atoms with E-state index in [2.05, 4.69) is 10.3 Å². The largest absolute Gasteiger partial charge is 0.486 e. The maximum Gasteiger partial charge on any atom is 0.250 e. The quantitative estimate of drug-likeness (QED) is 0.739. The maximum absolute atomic E-state index is 12.3. The standard InChI is InChI=1S/C22H25N3O4S/c1-14(2)11-21(27)25-8-7-16-19(13-25)30-22(23-16)24-20(26)6-4-15-3-5-17-18(12-15)29-10-9-28-17/h3-6,12,14H,7-11,13H2,1-2H3,(H,23,24,26)/b6-4-. The fraction of sp³-hybridized carbons (Fsp3) is 0.409.